The number of aliphatic hydroxyl groups excluding tert-OH is 1. The molecule has 4 rings (SSSR count). The van der Waals surface area contributed by atoms with Crippen LogP contribution in [0.3, 0.4) is 0 Å². The van der Waals surface area contributed by atoms with E-state index in [4.69, 9.17) is 4.74 Å². The maximum Gasteiger partial charge on any atom is 0.407 e. The number of fused-ring (bicyclic) bond motifs is 3. The van der Waals surface area contributed by atoms with Crippen LogP contribution in [0.4, 0.5) is 4.79 Å². The summed E-state index contributed by atoms with van der Waals surface area (Å²) in [6.45, 7) is 9.59. The molecule has 0 aliphatic heterocycles. The Morgan fingerprint density at radius 1 is 0.712 bits per heavy atom. The van der Waals surface area contributed by atoms with Crippen molar-refractivity contribution in [2.75, 3.05) is 13.2 Å². The van der Waals surface area contributed by atoms with Crippen molar-refractivity contribution in [3.05, 3.63) is 95.1 Å². The zero-order valence-corrected chi connectivity index (χ0v) is 30.9. The van der Waals surface area contributed by atoms with Gasteiger partial charge in [0.25, 0.3) is 0 Å². The van der Waals surface area contributed by atoms with Gasteiger partial charge in [0.05, 0.1) is 18.7 Å². The van der Waals surface area contributed by atoms with Crippen LogP contribution >= 0.6 is 0 Å². The molecule has 4 N–H and O–H groups in total. The van der Waals surface area contributed by atoms with Gasteiger partial charge in [0.15, 0.2) is 11.6 Å². The zero-order valence-electron chi connectivity index (χ0n) is 30.9. The quantitative estimate of drug-likeness (QED) is 0.121. The number of benzene rings is 3. The van der Waals surface area contributed by atoms with Crippen LogP contribution in [0.25, 0.3) is 11.1 Å². The van der Waals surface area contributed by atoms with Gasteiger partial charge < -0.3 is 25.8 Å². The van der Waals surface area contributed by atoms with Crippen molar-refractivity contribution in [2.24, 2.45) is 17.8 Å². The molecule has 3 atom stereocenters. The molecule has 0 bridgehead atoms. The van der Waals surface area contributed by atoms with Crippen molar-refractivity contribution in [1.29, 1.82) is 0 Å². The van der Waals surface area contributed by atoms with Crippen LogP contribution in [-0.2, 0) is 36.9 Å². The van der Waals surface area contributed by atoms with E-state index in [0.717, 1.165) is 33.4 Å². The van der Waals surface area contributed by atoms with E-state index < -0.39 is 35.9 Å². The summed E-state index contributed by atoms with van der Waals surface area (Å²) in [5, 5.41) is 17.6. The highest BCUT2D eigenvalue weighted by molar-refractivity contribution is 5.94. The lowest BCUT2D eigenvalue weighted by Crippen LogP contribution is -2.47. The molecule has 1 aliphatic carbocycles. The Balaban J connectivity index is 1.24. The predicted molar refractivity (Wildman–Crippen MR) is 200 cm³/mol. The average Bonchev–Trinajstić information content (AvgIpc) is 3.43. The van der Waals surface area contributed by atoms with Gasteiger partial charge in [-0.25, -0.2) is 4.79 Å². The Bertz CT molecular complexity index is 1660. The summed E-state index contributed by atoms with van der Waals surface area (Å²) in [5.41, 5.74) is 6.01. The first kappa shape index (κ1) is 39.9. The van der Waals surface area contributed by atoms with E-state index in [2.05, 4.69) is 28.1 Å². The van der Waals surface area contributed by atoms with Gasteiger partial charge in [-0.3, -0.25) is 19.2 Å². The van der Waals surface area contributed by atoms with Gasteiger partial charge >= 0.3 is 6.09 Å². The molecule has 0 radical (unpaired) electrons. The van der Waals surface area contributed by atoms with Gasteiger partial charge in [-0.15, -0.1) is 0 Å². The predicted octanol–water partition coefficient (Wildman–Crippen LogP) is 5.88. The maximum atomic E-state index is 13.4. The molecule has 0 saturated carbocycles. The number of ketones is 2. The third-order valence-electron chi connectivity index (χ3n) is 9.35. The smallest absolute Gasteiger partial charge is 0.407 e. The van der Waals surface area contributed by atoms with Crippen molar-refractivity contribution in [3.8, 4) is 11.1 Å². The Hall–Kier alpha value is -4.83. The van der Waals surface area contributed by atoms with Crippen LogP contribution in [-0.4, -0.2) is 59.8 Å². The molecule has 10 nitrogen and oxygen atoms in total. The molecular weight excluding hydrogens is 658 g/mol. The number of carbonyl (C=O) groups excluding carboxylic acids is 5. The lowest BCUT2D eigenvalue weighted by molar-refractivity contribution is -0.133. The highest BCUT2D eigenvalue weighted by Gasteiger charge is 2.30. The summed E-state index contributed by atoms with van der Waals surface area (Å²) in [6.07, 6.45) is 0.197. The van der Waals surface area contributed by atoms with Gasteiger partial charge in [-0.2, -0.15) is 0 Å². The molecule has 0 fully saturated rings. The van der Waals surface area contributed by atoms with Crippen molar-refractivity contribution in [1.82, 2.24) is 16.0 Å². The minimum absolute atomic E-state index is 0.0285. The Morgan fingerprint density at radius 3 is 1.81 bits per heavy atom. The molecule has 278 valence electrons. The minimum atomic E-state index is -0.799. The third kappa shape index (κ3) is 11.3. The summed E-state index contributed by atoms with van der Waals surface area (Å²) in [6, 6.07) is 21.7. The van der Waals surface area contributed by atoms with E-state index in [9.17, 15) is 29.1 Å². The number of nitrogens with one attached hydrogen (secondary N) is 3. The molecule has 0 saturated heterocycles. The number of alkyl carbamates (subject to hydrolysis) is 1. The minimum Gasteiger partial charge on any atom is -0.449 e. The summed E-state index contributed by atoms with van der Waals surface area (Å²) in [5.74, 6) is -1.76. The van der Waals surface area contributed by atoms with E-state index in [1.807, 2.05) is 64.1 Å². The van der Waals surface area contributed by atoms with Crippen molar-refractivity contribution < 1.29 is 33.8 Å². The molecular formula is C42H53N3O7. The number of aliphatic hydroxyl groups is 1. The Labute approximate surface area is 307 Å². The van der Waals surface area contributed by atoms with Crippen molar-refractivity contribution >= 4 is 29.5 Å². The lowest BCUT2D eigenvalue weighted by Gasteiger charge is -2.24. The first-order chi connectivity index (χ1) is 24.9. The van der Waals surface area contributed by atoms with Gasteiger partial charge in [0.2, 0.25) is 11.8 Å². The summed E-state index contributed by atoms with van der Waals surface area (Å²) in [7, 11) is 0. The van der Waals surface area contributed by atoms with E-state index >= 15 is 0 Å². The largest absolute Gasteiger partial charge is 0.449 e. The van der Waals surface area contributed by atoms with Crippen LogP contribution in [0.2, 0.25) is 0 Å². The summed E-state index contributed by atoms with van der Waals surface area (Å²) in [4.78, 5) is 65.4. The first-order valence-corrected chi connectivity index (χ1v) is 18.3. The topological polar surface area (TPSA) is 151 Å². The fourth-order valence-corrected chi connectivity index (χ4v) is 6.62. The molecule has 1 aliphatic rings. The number of hydrogen-bond donors (Lipinski definition) is 4. The third-order valence-corrected chi connectivity index (χ3v) is 9.35. The fraction of sp³-hybridized carbons (Fsp3) is 0.452. The molecule has 3 aromatic carbocycles. The van der Waals surface area contributed by atoms with Gasteiger partial charge in [0.1, 0.15) is 6.61 Å². The fourth-order valence-electron chi connectivity index (χ4n) is 6.62. The molecule has 0 unspecified atom stereocenters. The number of ether oxygens (including phenoxy) is 1. The van der Waals surface area contributed by atoms with Crippen LogP contribution in [0, 0.1) is 17.8 Å². The van der Waals surface area contributed by atoms with E-state index in [1.165, 1.54) is 0 Å². The number of rotatable bonds is 19. The van der Waals surface area contributed by atoms with Crippen molar-refractivity contribution in [2.45, 2.75) is 91.3 Å². The second kappa shape index (κ2) is 19.1. The average molecular weight is 712 g/mol. The summed E-state index contributed by atoms with van der Waals surface area (Å²) >= 11 is 0. The monoisotopic (exact) mass is 711 g/mol. The van der Waals surface area contributed by atoms with Crippen molar-refractivity contribution in [3.63, 3.8) is 0 Å². The normalized spacial score (nSPS) is 13.8. The molecule has 0 heterocycles. The molecule has 52 heavy (non-hydrogen) atoms. The standard InChI is InChI=1S/C42H53N3O7/c1-26(2)20-36(38(47)22-28(5)41(50)45-37(21-27(3)4)39(48)23-29-14-16-30(24-46)17-15-29)44-40(49)18-19-43-42(51)52-25-35-33-12-8-6-10-31(33)32-11-7-9-13-34(32)35/h6-17,26-28,35-37,46H,18-25H2,1-5H3,(H,43,51)(H,44,49)(H,45,50)/t28-,36+,37+/m1/s1. The summed E-state index contributed by atoms with van der Waals surface area (Å²) < 4.78 is 5.56. The van der Waals surface area contributed by atoms with Crippen LogP contribution in [0.1, 0.15) is 88.5 Å². The maximum absolute atomic E-state index is 13.4. The van der Waals surface area contributed by atoms with E-state index in [-0.39, 0.29) is 68.3 Å². The molecule has 10 heteroatoms. The number of amides is 3. The second-order valence-electron chi connectivity index (χ2n) is 14.6. The highest BCUT2D eigenvalue weighted by Crippen LogP contribution is 2.44. The number of hydrogen-bond acceptors (Lipinski definition) is 7. The highest BCUT2D eigenvalue weighted by atomic mass is 16.5. The lowest BCUT2D eigenvalue weighted by atomic mass is 9.92. The second-order valence-corrected chi connectivity index (χ2v) is 14.6. The van der Waals surface area contributed by atoms with Gasteiger partial charge in [-0.05, 0) is 58.1 Å². The van der Waals surface area contributed by atoms with E-state index in [0.29, 0.717) is 12.8 Å². The molecule has 3 aromatic rings. The van der Waals surface area contributed by atoms with Crippen LogP contribution in [0.15, 0.2) is 72.8 Å². The Morgan fingerprint density at radius 2 is 1.25 bits per heavy atom. The molecule has 0 aromatic heterocycles. The van der Waals surface area contributed by atoms with Crippen LogP contribution < -0.4 is 16.0 Å². The zero-order chi connectivity index (χ0) is 37.8. The number of Topliss-reactive ketones (excluding diaryl/α,β-unsaturated/α-hetero) is 2. The van der Waals surface area contributed by atoms with Gasteiger partial charge in [0, 0.05) is 37.6 Å². The molecule has 3 amide bonds. The van der Waals surface area contributed by atoms with E-state index in [1.54, 1.807) is 31.2 Å². The van der Waals surface area contributed by atoms with Crippen LogP contribution in [0.5, 0.6) is 0 Å². The first-order valence-electron chi connectivity index (χ1n) is 18.3. The van der Waals surface area contributed by atoms with Gasteiger partial charge in [-0.1, -0.05) is 107 Å². The number of carbonyl (C=O) groups is 5. The molecule has 0 spiro atoms. The SMILES string of the molecule is CC(C)C[C@H](NC(=O)CCNC(=O)OCC1c2ccccc2-c2ccccc21)C(=O)C[C@@H](C)C(=O)N[C@@H](CC(C)C)C(=O)Cc1ccc(CO)cc1. The Kier molecular flexibility index (Phi) is 14.7.